The number of urea groups is 1. The number of rotatable bonds is 3. The van der Waals surface area contributed by atoms with Crippen molar-refractivity contribution in [3.63, 3.8) is 0 Å². The number of carbonyl (C=O) groups is 2. The van der Waals surface area contributed by atoms with Gasteiger partial charge in [0.1, 0.15) is 11.8 Å². The van der Waals surface area contributed by atoms with Crippen LogP contribution < -0.4 is 15.4 Å². The molecule has 1 atom stereocenters. The molecule has 1 saturated heterocycles. The fourth-order valence-corrected chi connectivity index (χ4v) is 1.69. The van der Waals surface area contributed by atoms with Crippen molar-refractivity contribution in [2.24, 2.45) is 0 Å². The molecule has 2 rings (SSSR count). The van der Waals surface area contributed by atoms with Gasteiger partial charge < -0.3 is 10.1 Å². The number of methoxy groups -OCH3 is 1. The zero-order valence-corrected chi connectivity index (χ0v) is 8.82. The van der Waals surface area contributed by atoms with Gasteiger partial charge in [-0.25, -0.2) is 4.79 Å². The molecule has 16 heavy (non-hydrogen) atoms. The number of hydrogen-bond acceptors (Lipinski definition) is 3. The van der Waals surface area contributed by atoms with Crippen molar-refractivity contribution in [1.82, 2.24) is 10.6 Å². The van der Waals surface area contributed by atoms with Crippen LogP contribution in [0.4, 0.5) is 4.79 Å². The first-order chi connectivity index (χ1) is 7.70. The molecule has 1 aromatic rings. The summed E-state index contributed by atoms with van der Waals surface area (Å²) >= 11 is 0. The van der Waals surface area contributed by atoms with Crippen LogP contribution in [0.1, 0.15) is 5.56 Å². The largest absolute Gasteiger partial charge is 0.496 e. The predicted molar refractivity (Wildman–Crippen MR) is 57.2 cm³/mol. The van der Waals surface area contributed by atoms with Gasteiger partial charge in [0.15, 0.2) is 0 Å². The number of para-hydroxylation sites is 1. The van der Waals surface area contributed by atoms with Crippen LogP contribution in [0.3, 0.4) is 0 Å². The second-order valence-corrected chi connectivity index (χ2v) is 3.53. The zero-order valence-electron chi connectivity index (χ0n) is 8.82. The van der Waals surface area contributed by atoms with Gasteiger partial charge >= 0.3 is 6.03 Å². The summed E-state index contributed by atoms with van der Waals surface area (Å²) in [5.74, 6) is 0.423. The van der Waals surface area contributed by atoms with Gasteiger partial charge in [-0.05, 0) is 11.6 Å². The summed E-state index contributed by atoms with van der Waals surface area (Å²) in [7, 11) is 1.58. The standard InChI is InChI=1S/C11H12N2O3/c1-16-9-5-3-2-4-7(9)6-8-10(14)13-11(15)12-8/h2-5,8H,6H2,1H3,(H2,12,13,14,15)/t8-/m0/s1. The van der Waals surface area contributed by atoms with E-state index in [4.69, 9.17) is 4.74 Å². The minimum absolute atomic E-state index is 0.295. The molecular formula is C11H12N2O3. The third-order valence-electron chi connectivity index (χ3n) is 2.48. The fourth-order valence-electron chi connectivity index (χ4n) is 1.69. The Balaban J connectivity index is 2.14. The van der Waals surface area contributed by atoms with E-state index in [0.717, 1.165) is 11.3 Å². The summed E-state index contributed by atoms with van der Waals surface area (Å²) < 4.78 is 5.17. The number of amides is 3. The van der Waals surface area contributed by atoms with Crippen molar-refractivity contribution in [1.29, 1.82) is 0 Å². The van der Waals surface area contributed by atoms with E-state index in [-0.39, 0.29) is 5.91 Å². The fraction of sp³-hybridized carbons (Fsp3) is 0.273. The number of benzene rings is 1. The highest BCUT2D eigenvalue weighted by molar-refractivity contribution is 6.04. The van der Waals surface area contributed by atoms with Gasteiger partial charge in [0.05, 0.1) is 7.11 Å². The quantitative estimate of drug-likeness (QED) is 0.726. The Bertz CT molecular complexity index is 431. The second-order valence-electron chi connectivity index (χ2n) is 3.53. The van der Waals surface area contributed by atoms with Crippen molar-refractivity contribution in [2.75, 3.05) is 7.11 Å². The highest BCUT2D eigenvalue weighted by Gasteiger charge is 2.29. The minimum atomic E-state index is -0.510. The molecule has 1 fully saturated rings. The molecule has 0 radical (unpaired) electrons. The maximum atomic E-state index is 11.4. The van der Waals surface area contributed by atoms with Gasteiger partial charge in [0, 0.05) is 6.42 Å². The summed E-state index contributed by atoms with van der Waals surface area (Å²) in [4.78, 5) is 22.3. The molecule has 0 aromatic heterocycles. The van der Waals surface area contributed by atoms with E-state index >= 15 is 0 Å². The molecule has 5 nitrogen and oxygen atoms in total. The van der Waals surface area contributed by atoms with Gasteiger partial charge in [-0.2, -0.15) is 0 Å². The summed E-state index contributed by atoms with van der Waals surface area (Å²) in [6, 6.07) is 6.47. The Labute approximate surface area is 92.8 Å². The molecule has 2 N–H and O–H groups in total. The smallest absolute Gasteiger partial charge is 0.322 e. The molecule has 5 heteroatoms. The molecule has 0 spiro atoms. The lowest BCUT2D eigenvalue weighted by molar-refractivity contribution is -0.120. The van der Waals surface area contributed by atoms with Crippen molar-refractivity contribution in [2.45, 2.75) is 12.5 Å². The first kappa shape index (κ1) is 10.5. The van der Waals surface area contributed by atoms with Crippen LogP contribution in [-0.2, 0) is 11.2 Å². The van der Waals surface area contributed by atoms with Crippen LogP contribution in [0.2, 0.25) is 0 Å². The number of imide groups is 1. The lowest BCUT2D eigenvalue weighted by Gasteiger charge is -2.10. The van der Waals surface area contributed by atoms with Crippen molar-refractivity contribution >= 4 is 11.9 Å². The SMILES string of the molecule is COc1ccccc1C[C@@H]1NC(=O)NC1=O. The van der Waals surface area contributed by atoms with Crippen molar-refractivity contribution < 1.29 is 14.3 Å². The molecule has 0 saturated carbocycles. The summed E-state index contributed by atoms with van der Waals surface area (Å²) in [5, 5.41) is 4.74. The van der Waals surface area contributed by atoms with Crippen LogP contribution in [-0.4, -0.2) is 25.1 Å². The van der Waals surface area contributed by atoms with Gasteiger partial charge in [-0.15, -0.1) is 0 Å². The lowest BCUT2D eigenvalue weighted by Crippen LogP contribution is -2.31. The molecule has 0 unspecified atom stereocenters. The van der Waals surface area contributed by atoms with Crippen LogP contribution in [0.15, 0.2) is 24.3 Å². The Hall–Kier alpha value is -2.04. The predicted octanol–water partition coefficient (Wildman–Crippen LogP) is 0.446. The van der Waals surface area contributed by atoms with E-state index in [1.807, 2.05) is 24.3 Å². The average molecular weight is 220 g/mol. The maximum Gasteiger partial charge on any atom is 0.322 e. The third-order valence-corrected chi connectivity index (χ3v) is 2.48. The number of ether oxygens (including phenoxy) is 1. The van der Waals surface area contributed by atoms with Crippen LogP contribution in [0, 0.1) is 0 Å². The molecule has 1 aliphatic heterocycles. The van der Waals surface area contributed by atoms with E-state index < -0.39 is 12.1 Å². The average Bonchev–Trinajstić information content (AvgIpc) is 2.58. The Morgan fingerprint density at radius 3 is 2.69 bits per heavy atom. The normalized spacial score (nSPS) is 19.2. The molecule has 1 aliphatic rings. The second kappa shape index (κ2) is 4.22. The Morgan fingerprint density at radius 2 is 2.06 bits per heavy atom. The maximum absolute atomic E-state index is 11.4. The van der Waals surface area contributed by atoms with Crippen LogP contribution >= 0.6 is 0 Å². The number of nitrogens with one attached hydrogen (secondary N) is 2. The molecular weight excluding hydrogens is 208 g/mol. The molecule has 0 aliphatic carbocycles. The van der Waals surface area contributed by atoms with E-state index in [2.05, 4.69) is 10.6 Å². The van der Waals surface area contributed by atoms with E-state index in [9.17, 15) is 9.59 Å². The van der Waals surface area contributed by atoms with Crippen molar-refractivity contribution in [3.8, 4) is 5.75 Å². The Kier molecular flexibility index (Phi) is 2.76. The third kappa shape index (κ3) is 1.98. The molecule has 3 amide bonds. The molecule has 84 valence electrons. The van der Waals surface area contributed by atoms with E-state index in [1.54, 1.807) is 7.11 Å². The van der Waals surface area contributed by atoms with Gasteiger partial charge in [-0.3, -0.25) is 10.1 Å². The van der Waals surface area contributed by atoms with Gasteiger partial charge in [0.25, 0.3) is 5.91 Å². The molecule has 1 heterocycles. The first-order valence-electron chi connectivity index (χ1n) is 4.94. The van der Waals surface area contributed by atoms with Crippen LogP contribution in [0.5, 0.6) is 5.75 Å². The van der Waals surface area contributed by atoms with Crippen LogP contribution in [0.25, 0.3) is 0 Å². The number of carbonyl (C=O) groups excluding carboxylic acids is 2. The monoisotopic (exact) mass is 220 g/mol. The van der Waals surface area contributed by atoms with E-state index in [0.29, 0.717) is 6.42 Å². The zero-order chi connectivity index (χ0) is 11.5. The minimum Gasteiger partial charge on any atom is -0.496 e. The lowest BCUT2D eigenvalue weighted by atomic mass is 10.1. The van der Waals surface area contributed by atoms with Crippen molar-refractivity contribution in [3.05, 3.63) is 29.8 Å². The highest BCUT2D eigenvalue weighted by Crippen LogP contribution is 2.19. The Morgan fingerprint density at radius 1 is 1.31 bits per heavy atom. The molecule has 1 aromatic carbocycles. The van der Waals surface area contributed by atoms with Gasteiger partial charge in [-0.1, -0.05) is 18.2 Å². The number of hydrogen-bond donors (Lipinski definition) is 2. The highest BCUT2D eigenvalue weighted by atomic mass is 16.5. The molecule has 0 bridgehead atoms. The first-order valence-corrected chi connectivity index (χ1v) is 4.94. The topological polar surface area (TPSA) is 67.4 Å². The summed E-state index contributed by atoms with van der Waals surface area (Å²) in [5.41, 5.74) is 0.896. The summed E-state index contributed by atoms with van der Waals surface area (Å²) in [6.45, 7) is 0. The van der Waals surface area contributed by atoms with Gasteiger partial charge in [0.2, 0.25) is 0 Å². The summed E-state index contributed by atoms with van der Waals surface area (Å²) in [6.07, 6.45) is 0.432. The van der Waals surface area contributed by atoms with E-state index in [1.165, 1.54) is 0 Å².